The van der Waals surface area contributed by atoms with Gasteiger partial charge in [-0.2, -0.15) is 0 Å². The highest BCUT2D eigenvalue weighted by atomic mass is 35.5. The average molecular weight is 337 g/mol. The Bertz CT molecular complexity index is 631. The number of nitrogens with zero attached hydrogens (tertiary/aromatic N) is 2. The van der Waals surface area contributed by atoms with Crippen LogP contribution < -0.4 is 5.32 Å². The minimum Gasteiger partial charge on any atom is -0.381 e. The smallest absolute Gasteiger partial charge is 0.177 e. The Balaban J connectivity index is 0.00000156. The molecule has 0 aliphatic carbocycles. The molecule has 0 bridgehead atoms. The van der Waals surface area contributed by atoms with Crippen molar-refractivity contribution < 1.29 is 4.74 Å². The van der Waals surface area contributed by atoms with E-state index in [9.17, 15) is 0 Å². The fourth-order valence-corrected chi connectivity index (χ4v) is 3.79. The summed E-state index contributed by atoms with van der Waals surface area (Å²) in [6, 6.07) is 2.18. The summed E-state index contributed by atoms with van der Waals surface area (Å²) in [5.74, 6) is 2.21. The maximum absolute atomic E-state index is 5.57. The highest BCUT2D eigenvalue weighted by Crippen LogP contribution is 2.32. The Morgan fingerprint density at radius 3 is 2.78 bits per heavy atom. The molecule has 5 nitrogen and oxygen atoms in total. The number of aromatic nitrogens is 3. The summed E-state index contributed by atoms with van der Waals surface area (Å²) in [6.45, 7) is 3.94. The maximum atomic E-state index is 5.57. The number of halogens is 1. The second kappa shape index (κ2) is 7.60. The van der Waals surface area contributed by atoms with Crippen LogP contribution in [0.5, 0.6) is 0 Å². The van der Waals surface area contributed by atoms with Crippen LogP contribution in [0.15, 0.2) is 12.3 Å². The largest absolute Gasteiger partial charge is 0.381 e. The molecule has 0 radical (unpaired) electrons. The van der Waals surface area contributed by atoms with Gasteiger partial charge in [-0.05, 0) is 62.7 Å². The molecule has 0 amide bonds. The van der Waals surface area contributed by atoms with E-state index in [4.69, 9.17) is 9.72 Å². The molecule has 4 heterocycles. The van der Waals surface area contributed by atoms with E-state index in [1.54, 1.807) is 0 Å². The molecule has 2 aliphatic heterocycles. The van der Waals surface area contributed by atoms with Crippen molar-refractivity contribution in [3.63, 3.8) is 0 Å². The van der Waals surface area contributed by atoms with Crippen molar-refractivity contribution in [3.8, 4) is 0 Å². The van der Waals surface area contributed by atoms with Gasteiger partial charge in [0.05, 0.1) is 5.52 Å². The highest BCUT2D eigenvalue weighted by Gasteiger charge is 2.22. The first kappa shape index (κ1) is 16.7. The molecule has 2 aromatic rings. The lowest BCUT2D eigenvalue weighted by Gasteiger charge is -2.23. The molecule has 2 saturated heterocycles. The highest BCUT2D eigenvalue weighted by molar-refractivity contribution is 5.85. The fourth-order valence-electron chi connectivity index (χ4n) is 3.79. The summed E-state index contributed by atoms with van der Waals surface area (Å²) >= 11 is 0. The van der Waals surface area contributed by atoms with Gasteiger partial charge in [0.15, 0.2) is 5.65 Å². The van der Waals surface area contributed by atoms with E-state index in [-0.39, 0.29) is 12.4 Å². The lowest BCUT2D eigenvalue weighted by atomic mass is 9.90. The first-order chi connectivity index (χ1) is 10.9. The van der Waals surface area contributed by atoms with Crippen LogP contribution in [0.25, 0.3) is 11.2 Å². The topological polar surface area (TPSA) is 62.8 Å². The second-order valence-electron chi connectivity index (χ2n) is 6.49. The zero-order chi connectivity index (χ0) is 14.8. The van der Waals surface area contributed by atoms with Crippen molar-refractivity contribution in [3.05, 3.63) is 23.7 Å². The van der Waals surface area contributed by atoms with Crippen LogP contribution in [0.1, 0.15) is 55.3 Å². The van der Waals surface area contributed by atoms with Gasteiger partial charge in [-0.3, -0.25) is 0 Å². The first-order valence-corrected chi connectivity index (χ1v) is 8.55. The minimum absolute atomic E-state index is 0. The predicted octanol–water partition coefficient (Wildman–Crippen LogP) is 3.13. The van der Waals surface area contributed by atoms with Crippen molar-refractivity contribution in [2.24, 2.45) is 0 Å². The Hall–Kier alpha value is -1.17. The Kier molecular flexibility index (Phi) is 5.51. The van der Waals surface area contributed by atoms with Crippen LogP contribution in [-0.2, 0) is 4.74 Å². The van der Waals surface area contributed by atoms with Crippen LogP contribution in [0.2, 0.25) is 0 Å². The number of rotatable bonds is 2. The second-order valence-corrected chi connectivity index (χ2v) is 6.49. The molecule has 0 aromatic carbocycles. The predicted molar refractivity (Wildman–Crippen MR) is 93.4 cm³/mol. The van der Waals surface area contributed by atoms with Gasteiger partial charge in [0.25, 0.3) is 0 Å². The molecule has 2 N–H and O–H groups in total. The van der Waals surface area contributed by atoms with Crippen molar-refractivity contribution in [2.45, 2.75) is 43.9 Å². The van der Waals surface area contributed by atoms with Crippen LogP contribution in [0.4, 0.5) is 0 Å². The van der Waals surface area contributed by atoms with Crippen molar-refractivity contribution >= 4 is 23.6 Å². The van der Waals surface area contributed by atoms with E-state index in [0.29, 0.717) is 11.8 Å². The Morgan fingerprint density at radius 1 is 1.04 bits per heavy atom. The molecule has 0 unspecified atom stereocenters. The molecule has 2 aromatic heterocycles. The fraction of sp³-hybridized carbons (Fsp3) is 0.647. The third-order valence-corrected chi connectivity index (χ3v) is 5.06. The summed E-state index contributed by atoms with van der Waals surface area (Å²) < 4.78 is 5.57. The van der Waals surface area contributed by atoms with Gasteiger partial charge in [0.1, 0.15) is 5.82 Å². The molecule has 2 fully saturated rings. The van der Waals surface area contributed by atoms with Gasteiger partial charge in [-0.15, -0.1) is 12.4 Å². The van der Waals surface area contributed by atoms with Crippen molar-refractivity contribution in [1.82, 2.24) is 20.3 Å². The number of imidazole rings is 1. The molecule has 0 spiro atoms. The Labute approximate surface area is 143 Å². The van der Waals surface area contributed by atoms with E-state index in [2.05, 4.69) is 21.4 Å². The summed E-state index contributed by atoms with van der Waals surface area (Å²) in [7, 11) is 0. The summed E-state index contributed by atoms with van der Waals surface area (Å²) in [5, 5.41) is 3.44. The SMILES string of the molecule is Cl.c1cc(C2CCNCC2)c2[nH]c([C@@H]3CCCOCC3)nc2n1. The summed E-state index contributed by atoms with van der Waals surface area (Å²) in [4.78, 5) is 12.9. The van der Waals surface area contributed by atoms with Crippen LogP contribution in [-0.4, -0.2) is 41.3 Å². The number of fused-ring (bicyclic) bond motifs is 1. The molecule has 2 aliphatic rings. The number of piperidine rings is 1. The number of H-pyrrole nitrogens is 1. The van der Waals surface area contributed by atoms with E-state index in [1.165, 1.54) is 18.4 Å². The molecule has 0 saturated carbocycles. The van der Waals surface area contributed by atoms with E-state index >= 15 is 0 Å². The normalized spacial score (nSPS) is 23.4. The number of aromatic amines is 1. The van der Waals surface area contributed by atoms with Gasteiger partial charge in [0, 0.05) is 25.3 Å². The molecule has 6 heteroatoms. The van der Waals surface area contributed by atoms with Crippen molar-refractivity contribution in [1.29, 1.82) is 0 Å². The third-order valence-electron chi connectivity index (χ3n) is 5.06. The number of hydrogen-bond acceptors (Lipinski definition) is 4. The minimum atomic E-state index is 0. The monoisotopic (exact) mass is 336 g/mol. The Morgan fingerprint density at radius 2 is 1.91 bits per heavy atom. The quantitative estimate of drug-likeness (QED) is 0.884. The first-order valence-electron chi connectivity index (χ1n) is 8.55. The van der Waals surface area contributed by atoms with Gasteiger partial charge < -0.3 is 15.0 Å². The average Bonchev–Trinajstić information content (AvgIpc) is 2.82. The van der Waals surface area contributed by atoms with Crippen LogP contribution in [0.3, 0.4) is 0 Å². The van der Waals surface area contributed by atoms with Gasteiger partial charge in [-0.1, -0.05) is 0 Å². The molecule has 1 atom stereocenters. The summed E-state index contributed by atoms with van der Waals surface area (Å²) in [5.41, 5.74) is 3.45. The maximum Gasteiger partial charge on any atom is 0.177 e. The molecule has 126 valence electrons. The van der Waals surface area contributed by atoms with Crippen LogP contribution >= 0.6 is 12.4 Å². The number of hydrogen-bond donors (Lipinski definition) is 2. The molecule has 4 rings (SSSR count). The lowest BCUT2D eigenvalue weighted by Crippen LogP contribution is -2.26. The van der Waals surface area contributed by atoms with Gasteiger partial charge in [0.2, 0.25) is 0 Å². The number of nitrogens with one attached hydrogen (secondary N) is 2. The van der Waals surface area contributed by atoms with Crippen LogP contribution in [0, 0.1) is 0 Å². The lowest BCUT2D eigenvalue weighted by molar-refractivity contribution is 0.143. The van der Waals surface area contributed by atoms with Gasteiger partial charge in [-0.25, -0.2) is 9.97 Å². The molecular weight excluding hydrogens is 312 g/mol. The third kappa shape index (κ3) is 3.52. The zero-order valence-corrected chi connectivity index (χ0v) is 14.2. The van der Waals surface area contributed by atoms with Gasteiger partial charge >= 0.3 is 0 Å². The van der Waals surface area contributed by atoms with Crippen molar-refractivity contribution in [2.75, 3.05) is 26.3 Å². The molecular formula is C17H25ClN4O. The van der Waals surface area contributed by atoms with E-state index < -0.39 is 0 Å². The number of ether oxygens (including phenoxy) is 1. The van der Waals surface area contributed by atoms with E-state index in [0.717, 1.165) is 62.6 Å². The number of pyridine rings is 1. The molecule has 23 heavy (non-hydrogen) atoms. The summed E-state index contributed by atoms with van der Waals surface area (Å²) in [6.07, 6.45) is 7.65. The standard InChI is InChI=1S/C17H24N4O.ClH/c1-2-13(6-11-22-10-1)16-20-15-14(5-9-19-17(15)21-16)12-3-7-18-8-4-12;/h5,9,12-13,18H,1-4,6-8,10-11H2,(H,19,20,21);1H/t13-;/m1./s1. The van der Waals surface area contributed by atoms with E-state index in [1.807, 2.05) is 6.20 Å². The zero-order valence-electron chi connectivity index (χ0n) is 13.4.